The van der Waals surface area contributed by atoms with E-state index in [4.69, 9.17) is 0 Å². The van der Waals surface area contributed by atoms with Crippen molar-refractivity contribution in [3.05, 3.63) is 29.8 Å². The lowest BCUT2D eigenvalue weighted by Crippen LogP contribution is -1.79. The molecule has 0 N–H and O–H groups in total. The average Bonchev–Trinajstić information content (AvgIpc) is 2.26. The van der Waals surface area contributed by atoms with Gasteiger partial charge in [-0.2, -0.15) is 0 Å². The first-order chi connectivity index (χ1) is 7.33. The van der Waals surface area contributed by atoms with Crippen LogP contribution in [0.25, 0.3) is 0 Å². The molecule has 1 aromatic rings. The van der Waals surface area contributed by atoms with Crippen molar-refractivity contribution in [2.45, 2.75) is 26.2 Å². The van der Waals surface area contributed by atoms with E-state index in [2.05, 4.69) is 29.0 Å². The molecule has 0 aromatic heterocycles. The van der Waals surface area contributed by atoms with E-state index in [0.29, 0.717) is 0 Å². The van der Waals surface area contributed by atoms with E-state index in [-0.39, 0.29) is 0 Å². The predicted octanol–water partition coefficient (Wildman–Crippen LogP) is 3.57. The predicted molar refractivity (Wildman–Crippen MR) is 67.6 cm³/mol. The smallest absolute Gasteiger partial charge is 0.0625 e. The van der Waals surface area contributed by atoms with Crippen LogP contribution in [-0.4, -0.2) is 19.5 Å². The number of unbranched alkanes of at least 4 members (excludes halogenated alkanes) is 2. The Balaban J connectivity index is 2.28. The summed E-state index contributed by atoms with van der Waals surface area (Å²) in [5, 5.41) is 0. The Kier molecular flexibility index (Phi) is 5.38. The lowest BCUT2D eigenvalue weighted by atomic mass is 10.2. The van der Waals surface area contributed by atoms with Crippen molar-refractivity contribution in [1.29, 1.82) is 0 Å². The van der Waals surface area contributed by atoms with E-state index in [1.54, 1.807) is 7.05 Å². The summed E-state index contributed by atoms with van der Waals surface area (Å²) in [4.78, 5) is 8.31. The lowest BCUT2D eigenvalue weighted by molar-refractivity contribution is 0.942. The van der Waals surface area contributed by atoms with Crippen LogP contribution < -0.4 is 0 Å². The average molecular weight is 202 g/mol. The summed E-state index contributed by atoms with van der Waals surface area (Å²) >= 11 is 0. The molecular formula is C13H18N2. The highest BCUT2D eigenvalue weighted by Crippen LogP contribution is 2.11. The number of aliphatic imine (C=N–C) groups is 2. The van der Waals surface area contributed by atoms with Gasteiger partial charge in [0.15, 0.2) is 0 Å². The van der Waals surface area contributed by atoms with Gasteiger partial charge in [0, 0.05) is 13.3 Å². The topological polar surface area (TPSA) is 24.7 Å². The van der Waals surface area contributed by atoms with Crippen molar-refractivity contribution in [2.75, 3.05) is 7.05 Å². The Hall–Kier alpha value is -1.44. The molecule has 1 rings (SSSR count). The van der Waals surface area contributed by atoms with Crippen molar-refractivity contribution in [1.82, 2.24) is 0 Å². The van der Waals surface area contributed by atoms with Crippen LogP contribution in [0.4, 0.5) is 5.69 Å². The van der Waals surface area contributed by atoms with Crippen LogP contribution in [0.1, 0.15) is 24.8 Å². The van der Waals surface area contributed by atoms with Gasteiger partial charge >= 0.3 is 0 Å². The molecule has 15 heavy (non-hydrogen) atoms. The number of benzene rings is 1. The van der Waals surface area contributed by atoms with Crippen LogP contribution in [0.2, 0.25) is 0 Å². The van der Waals surface area contributed by atoms with Crippen molar-refractivity contribution in [3.8, 4) is 0 Å². The van der Waals surface area contributed by atoms with E-state index in [1.807, 2.05) is 24.6 Å². The molecule has 0 unspecified atom stereocenters. The van der Waals surface area contributed by atoms with Gasteiger partial charge in [0.1, 0.15) is 0 Å². The SMILES string of the molecule is CN=CCCCC=Nc1ccc(C)cc1. The number of aryl methyl sites for hydroxylation is 1. The molecule has 0 spiro atoms. The second kappa shape index (κ2) is 6.93. The summed E-state index contributed by atoms with van der Waals surface area (Å²) in [5.74, 6) is 0. The summed E-state index contributed by atoms with van der Waals surface area (Å²) in [5.41, 5.74) is 2.30. The van der Waals surface area contributed by atoms with Gasteiger partial charge in [-0.15, -0.1) is 0 Å². The summed E-state index contributed by atoms with van der Waals surface area (Å²) in [7, 11) is 1.81. The maximum Gasteiger partial charge on any atom is 0.0625 e. The van der Waals surface area contributed by atoms with Gasteiger partial charge in [0.05, 0.1) is 5.69 Å². The minimum Gasteiger partial charge on any atom is -0.301 e. The van der Waals surface area contributed by atoms with E-state index < -0.39 is 0 Å². The largest absolute Gasteiger partial charge is 0.301 e. The molecule has 0 radical (unpaired) electrons. The van der Waals surface area contributed by atoms with Crippen molar-refractivity contribution < 1.29 is 0 Å². The minimum absolute atomic E-state index is 1.01. The Morgan fingerprint density at radius 2 is 1.73 bits per heavy atom. The number of hydrogen-bond acceptors (Lipinski definition) is 2. The maximum atomic E-state index is 4.38. The Labute approximate surface area is 91.8 Å². The first kappa shape index (κ1) is 11.6. The maximum absolute atomic E-state index is 4.38. The monoisotopic (exact) mass is 202 g/mol. The van der Waals surface area contributed by atoms with Crippen LogP contribution in [0.3, 0.4) is 0 Å². The third-order valence-corrected chi connectivity index (χ3v) is 2.12. The fraction of sp³-hybridized carbons (Fsp3) is 0.385. The van der Waals surface area contributed by atoms with Gasteiger partial charge in [-0.25, -0.2) is 0 Å². The van der Waals surface area contributed by atoms with Gasteiger partial charge in [0.2, 0.25) is 0 Å². The zero-order valence-corrected chi connectivity index (χ0v) is 9.48. The highest BCUT2D eigenvalue weighted by atomic mass is 14.7. The molecule has 0 saturated carbocycles. The molecular weight excluding hydrogens is 184 g/mol. The minimum atomic E-state index is 1.01. The van der Waals surface area contributed by atoms with E-state index in [0.717, 1.165) is 24.9 Å². The van der Waals surface area contributed by atoms with Crippen LogP contribution in [-0.2, 0) is 0 Å². The molecule has 0 atom stereocenters. The van der Waals surface area contributed by atoms with Gasteiger partial charge in [-0.05, 0) is 44.5 Å². The molecule has 0 saturated heterocycles. The fourth-order valence-corrected chi connectivity index (χ4v) is 1.23. The molecule has 0 aliphatic carbocycles. The van der Waals surface area contributed by atoms with Gasteiger partial charge < -0.3 is 4.99 Å². The van der Waals surface area contributed by atoms with Gasteiger partial charge in [0.25, 0.3) is 0 Å². The van der Waals surface area contributed by atoms with Crippen LogP contribution in [0.5, 0.6) is 0 Å². The van der Waals surface area contributed by atoms with Crippen LogP contribution in [0.15, 0.2) is 34.3 Å². The molecule has 0 heterocycles. The number of hydrogen-bond donors (Lipinski definition) is 0. The second-order valence-electron chi connectivity index (χ2n) is 3.52. The summed E-state index contributed by atoms with van der Waals surface area (Å²) in [6.07, 6.45) is 7.09. The third kappa shape index (κ3) is 5.11. The molecule has 80 valence electrons. The number of nitrogens with zero attached hydrogens (tertiary/aromatic N) is 2. The van der Waals surface area contributed by atoms with Crippen molar-refractivity contribution >= 4 is 18.1 Å². The lowest BCUT2D eigenvalue weighted by Gasteiger charge is -1.94. The Morgan fingerprint density at radius 3 is 2.40 bits per heavy atom. The molecule has 2 nitrogen and oxygen atoms in total. The Bertz CT molecular complexity index is 323. The molecule has 0 bridgehead atoms. The quantitative estimate of drug-likeness (QED) is 0.515. The summed E-state index contributed by atoms with van der Waals surface area (Å²) < 4.78 is 0. The highest BCUT2D eigenvalue weighted by molar-refractivity contribution is 5.64. The van der Waals surface area contributed by atoms with Gasteiger partial charge in [-0.1, -0.05) is 17.7 Å². The highest BCUT2D eigenvalue weighted by Gasteiger charge is 1.87. The van der Waals surface area contributed by atoms with E-state index in [9.17, 15) is 0 Å². The first-order valence-corrected chi connectivity index (χ1v) is 5.33. The Morgan fingerprint density at radius 1 is 1.07 bits per heavy atom. The molecule has 0 aliphatic rings. The van der Waals surface area contributed by atoms with E-state index in [1.165, 1.54) is 5.56 Å². The molecule has 0 amide bonds. The molecule has 1 aromatic carbocycles. The van der Waals surface area contributed by atoms with Crippen LogP contribution >= 0.6 is 0 Å². The standard InChI is InChI=1S/C13H18N2/c1-12-6-8-13(9-7-12)15-11-5-3-4-10-14-2/h6-11H,3-5H2,1-2H3. The molecule has 0 fully saturated rings. The second-order valence-corrected chi connectivity index (χ2v) is 3.52. The molecule has 2 heteroatoms. The van der Waals surface area contributed by atoms with E-state index >= 15 is 0 Å². The fourth-order valence-electron chi connectivity index (χ4n) is 1.23. The van der Waals surface area contributed by atoms with Crippen molar-refractivity contribution in [3.63, 3.8) is 0 Å². The molecule has 0 aliphatic heterocycles. The third-order valence-electron chi connectivity index (χ3n) is 2.12. The zero-order valence-electron chi connectivity index (χ0n) is 9.48. The summed E-state index contributed by atoms with van der Waals surface area (Å²) in [6, 6.07) is 8.24. The van der Waals surface area contributed by atoms with Crippen LogP contribution in [0, 0.1) is 6.92 Å². The van der Waals surface area contributed by atoms with Gasteiger partial charge in [-0.3, -0.25) is 4.99 Å². The number of rotatable bonds is 5. The normalized spacial score (nSPS) is 11.6. The first-order valence-electron chi connectivity index (χ1n) is 5.33. The van der Waals surface area contributed by atoms with Crippen molar-refractivity contribution in [2.24, 2.45) is 9.98 Å². The summed E-state index contributed by atoms with van der Waals surface area (Å²) in [6.45, 7) is 2.08. The zero-order chi connectivity index (χ0) is 10.9.